The Morgan fingerprint density at radius 3 is 2.33 bits per heavy atom. The monoisotopic (exact) mass is 309 g/mol. The number of rotatable bonds is 5. The van der Waals surface area contributed by atoms with E-state index in [1.807, 2.05) is 0 Å². The molecular weight excluding hydrogens is 298 g/mol. The molecule has 21 heavy (non-hydrogen) atoms. The van der Waals surface area contributed by atoms with Crippen LogP contribution in [0.5, 0.6) is 0 Å². The maximum atomic E-state index is 12.1. The molecule has 1 heterocycles. The molecule has 110 valence electrons. The summed E-state index contributed by atoms with van der Waals surface area (Å²) in [4.78, 5) is 13.0. The first-order valence-electron chi connectivity index (χ1n) is 5.75. The van der Waals surface area contributed by atoms with Gasteiger partial charge in [-0.1, -0.05) is 12.1 Å². The van der Waals surface area contributed by atoms with Crippen molar-refractivity contribution in [2.24, 2.45) is 0 Å². The van der Waals surface area contributed by atoms with Gasteiger partial charge in [-0.25, -0.2) is 8.42 Å². The van der Waals surface area contributed by atoms with Gasteiger partial charge in [-0.05, 0) is 33.7 Å². The predicted molar refractivity (Wildman–Crippen MR) is 74.1 cm³/mol. The number of aromatic nitrogens is 1. The number of hydrogen-bond donors (Lipinski definition) is 2. The van der Waals surface area contributed by atoms with Crippen molar-refractivity contribution in [1.82, 2.24) is 4.98 Å². The molecule has 0 atom stereocenters. The third kappa shape index (κ3) is 3.52. The summed E-state index contributed by atoms with van der Waals surface area (Å²) in [6, 6.07) is 8.28. The van der Waals surface area contributed by atoms with Crippen molar-refractivity contribution >= 4 is 21.5 Å². The quantitative estimate of drug-likeness (QED) is 0.633. The SMILES string of the molecule is O=[N+]([O-])c1ccc(S(=O)(=O)Nc2ccc(CO)cc2)cn1. The molecule has 0 bridgehead atoms. The molecule has 2 rings (SSSR count). The average molecular weight is 309 g/mol. The second-order valence-electron chi connectivity index (χ2n) is 4.07. The normalized spacial score (nSPS) is 11.1. The van der Waals surface area contributed by atoms with Crippen molar-refractivity contribution in [3.8, 4) is 0 Å². The molecule has 2 N–H and O–H groups in total. The van der Waals surface area contributed by atoms with Gasteiger partial charge in [0.15, 0.2) is 6.20 Å². The van der Waals surface area contributed by atoms with Crippen LogP contribution in [0.25, 0.3) is 0 Å². The molecule has 0 radical (unpaired) electrons. The van der Waals surface area contributed by atoms with Gasteiger partial charge in [0.05, 0.1) is 6.61 Å². The fraction of sp³-hybridized carbons (Fsp3) is 0.0833. The van der Waals surface area contributed by atoms with Crippen molar-refractivity contribution in [2.45, 2.75) is 11.5 Å². The Morgan fingerprint density at radius 1 is 1.19 bits per heavy atom. The van der Waals surface area contributed by atoms with Gasteiger partial charge in [-0.15, -0.1) is 0 Å². The van der Waals surface area contributed by atoms with Crippen LogP contribution in [0, 0.1) is 10.1 Å². The van der Waals surface area contributed by atoms with Gasteiger partial charge < -0.3 is 15.2 Å². The van der Waals surface area contributed by atoms with Crippen molar-refractivity contribution in [2.75, 3.05) is 4.72 Å². The Balaban J connectivity index is 2.22. The minimum atomic E-state index is -3.87. The van der Waals surface area contributed by atoms with E-state index >= 15 is 0 Å². The number of sulfonamides is 1. The van der Waals surface area contributed by atoms with Gasteiger partial charge in [0.25, 0.3) is 10.0 Å². The maximum Gasteiger partial charge on any atom is 0.363 e. The van der Waals surface area contributed by atoms with Gasteiger partial charge in [0.2, 0.25) is 0 Å². The summed E-state index contributed by atoms with van der Waals surface area (Å²) < 4.78 is 26.4. The highest BCUT2D eigenvalue weighted by molar-refractivity contribution is 7.92. The molecule has 0 fully saturated rings. The standard InChI is InChI=1S/C12H11N3O5S/c16-8-9-1-3-10(4-2-9)14-21(19,20)11-5-6-12(13-7-11)15(17)18/h1-7,14,16H,8H2. The second-order valence-corrected chi connectivity index (χ2v) is 5.75. The first kappa shape index (κ1) is 14.9. The summed E-state index contributed by atoms with van der Waals surface area (Å²) in [7, 11) is -3.87. The largest absolute Gasteiger partial charge is 0.392 e. The van der Waals surface area contributed by atoms with E-state index in [4.69, 9.17) is 5.11 Å². The van der Waals surface area contributed by atoms with Gasteiger partial charge in [-0.3, -0.25) is 4.72 Å². The maximum absolute atomic E-state index is 12.1. The number of nitrogens with one attached hydrogen (secondary N) is 1. The molecule has 0 aliphatic rings. The Hall–Kier alpha value is -2.52. The predicted octanol–water partition coefficient (Wildman–Crippen LogP) is 1.28. The van der Waals surface area contributed by atoms with E-state index in [1.165, 1.54) is 12.1 Å². The molecule has 1 aromatic carbocycles. The zero-order valence-corrected chi connectivity index (χ0v) is 11.4. The topological polar surface area (TPSA) is 122 Å². The average Bonchev–Trinajstić information content (AvgIpc) is 2.48. The number of aliphatic hydroxyl groups is 1. The van der Waals surface area contributed by atoms with Crippen LogP contribution in [-0.2, 0) is 16.6 Å². The van der Waals surface area contributed by atoms with Crippen LogP contribution in [-0.4, -0.2) is 23.4 Å². The van der Waals surface area contributed by atoms with Crippen LogP contribution in [0.4, 0.5) is 11.5 Å². The van der Waals surface area contributed by atoms with Gasteiger partial charge in [0, 0.05) is 11.8 Å². The van der Waals surface area contributed by atoms with E-state index in [0.717, 1.165) is 18.3 Å². The van der Waals surface area contributed by atoms with Crippen molar-refractivity contribution in [3.05, 3.63) is 58.3 Å². The summed E-state index contributed by atoms with van der Waals surface area (Å²) in [5.41, 5.74) is 0.959. The van der Waals surface area contributed by atoms with E-state index in [-0.39, 0.29) is 11.5 Å². The van der Waals surface area contributed by atoms with Gasteiger partial charge in [0.1, 0.15) is 4.90 Å². The number of nitro groups is 1. The third-order valence-electron chi connectivity index (χ3n) is 2.61. The van der Waals surface area contributed by atoms with Crippen LogP contribution in [0.15, 0.2) is 47.5 Å². The van der Waals surface area contributed by atoms with Gasteiger partial charge in [-0.2, -0.15) is 0 Å². The lowest BCUT2D eigenvalue weighted by Gasteiger charge is -2.07. The minimum Gasteiger partial charge on any atom is -0.392 e. The molecule has 0 saturated carbocycles. The first-order chi connectivity index (χ1) is 9.92. The van der Waals surface area contributed by atoms with Crippen molar-refractivity contribution < 1.29 is 18.4 Å². The molecule has 0 saturated heterocycles. The number of aliphatic hydroxyl groups excluding tert-OH is 1. The summed E-state index contributed by atoms with van der Waals surface area (Å²) in [6.45, 7) is -0.140. The fourth-order valence-corrected chi connectivity index (χ4v) is 2.53. The van der Waals surface area contributed by atoms with Crippen molar-refractivity contribution in [1.29, 1.82) is 0 Å². The van der Waals surface area contributed by atoms with E-state index in [2.05, 4.69) is 9.71 Å². The van der Waals surface area contributed by atoms with E-state index < -0.39 is 20.8 Å². The van der Waals surface area contributed by atoms with Crippen LogP contribution in [0.3, 0.4) is 0 Å². The van der Waals surface area contributed by atoms with E-state index in [9.17, 15) is 18.5 Å². The molecule has 2 aromatic rings. The zero-order valence-electron chi connectivity index (χ0n) is 10.6. The smallest absolute Gasteiger partial charge is 0.363 e. The van der Waals surface area contributed by atoms with Crippen LogP contribution in [0.2, 0.25) is 0 Å². The van der Waals surface area contributed by atoms with Gasteiger partial charge >= 0.3 is 5.82 Å². The number of hydrogen-bond acceptors (Lipinski definition) is 6. The molecule has 0 amide bonds. The second kappa shape index (κ2) is 5.85. The Morgan fingerprint density at radius 2 is 1.86 bits per heavy atom. The Labute approximate surface area is 120 Å². The molecular formula is C12H11N3O5S. The number of nitrogens with zero attached hydrogens (tertiary/aromatic N) is 2. The lowest BCUT2D eigenvalue weighted by molar-refractivity contribution is -0.389. The van der Waals surface area contributed by atoms with Crippen LogP contribution in [0.1, 0.15) is 5.56 Å². The third-order valence-corrected chi connectivity index (χ3v) is 3.97. The lowest BCUT2D eigenvalue weighted by Crippen LogP contribution is -2.13. The van der Waals surface area contributed by atoms with E-state index in [1.54, 1.807) is 12.1 Å². The summed E-state index contributed by atoms with van der Waals surface area (Å²) >= 11 is 0. The molecule has 1 aromatic heterocycles. The number of anilines is 1. The summed E-state index contributed by atoms with van der Waals surface area (Å²) in [5, 5.41) is 19.4. The van der Waals surface area contributed by atoms with Crippen LogP contribution < -0.4 is 4.72 Å². The highest BCUT2D eigenvalue weighted by Gasteiger charge is 2.18. The molecule has 0 spiro atoms. The zero-order chi connectivity index (χ0) is 15.5. The highest BCUT2D eigenvalue weighted by Crippen LogP contribution is 2.17. The molecule has 0 aliphatic carbocycles. The molecule has 0 aliphatic heterocycles. The minimum absolute atomic E-state index is 0.140. The number of pyridine rings is 1. The summed E-state index contributed by atoms with van der Waals surface area (Å²) in [6.07, 6.45) is 0.919. The summed E-state index contributed by atoms with van der Waals surface area (Å²) in [5.74, 6) is -0.429. The van der Waals surface area contributed by atoms with Crippen LogP contribution >= 0.6 is 0 Å². The Bertz CT molecular complexity index is 741. The van der Waals surface area contributed by atoms with Crippen molar-refractivity contribution in [3.63, 3.8) is 0 Å². The Kier molecular flexibility index (Phi) is 4.15. The molecule has 9 heteroatoms. The lowest BCUT2D eigenvalue weighted by atomic mass is 10.2. The first-order valence-corrected chi connectivity index (χ1v) is 7.24. The number of benzene rings is 1. The fourth-order valence-electron chi connectivity index (χ4n) is 1.53. The van der Waals surface area contributed by atoms with E-state index in [0.29, 0.717) is 11.3 Å². The molecule has 0 unspecified atom stereocenters. The highest BCUT2D eigenvalue weighted by atomic mass is 32.2. The molecule has 8 nitrogen and oxygen atoms in total.